The Labute approximate surface area is 123 Å². The normalized spacial score (nSPS) is 22.8. The van der Waals surface area contributed by atoms with Gasteiger partial charge in [-0.3, -0.25) is 9.59 Å². The first kappa shape index (κ1) is 15.5. The fraction of sp³-hybridized carbons (Fsp3) is 0.500. The Kier molecular flexibility index (Phi) is 4.94. The van der Waals surface area contributed by atoms with Gasteiger partial charge in [0, 0.05) is 12.0 Å². The molecule has 5 heteroatoms. The van der Waals surface area contributed by atoms with Gasteiger partial charge in [0.1, 0.15) is 5.82 Å². The average molecular weight is 293 g/mol. The van der Waals surface area contributed by atoms with E-state index in [-0.39, 0.29) is 17.8 Å². The second-order valence-electron chi connectivity index (χ2n) is 5.69. The molecule has 1 aliphatic rings. The maximum absolute atomic E-state index is 13.6. The topological polar surface area (TPSA) is 66.4 Å². The summed E-state index contributed by atoms with van der Waals surface area (Å²) in [5.74, 6) is -2.29. The number of aliphatic carboxylic acids is 1. The summed E-state index contributed by atoms with van der Waals surface area (Å²) in [4.78, 5) is 23.3. The largest absolute Gasteiger partial charge is 0.481 e. The van der Waals surface area contributed by atoms with Gasteiger partial charge in [-0.1, -0.05) is 31.5 Å². The Balaban J connectivity index is 1.94. The molecule has 0 spiro atoms. The minimum absolute atomic E-state index is 0.212. The first-order valence-corrected chi connectivity index (χ1v) is 7.25. The van der Waals surface area contributed by atoms with E-state index in [1.807, 2.05) is 0 Å². The van der Waals surface area contributed by atoms with Gasteiger partial charge in [0.25, 0.3) is 0 Å². The maximum Gasteiger partial charge on any atom is 0.308 e. The molecule has 114 valence electrons. The predicted octanol–water partition coefficient (Wildman–Crippen LogP) is 2.37. The third-order valence-electron chi connectivity index (χ3n) is 4.09. The van der Waals surface area contributed by atoms with Gasteiger partial charge in [0.15, 0.2) is 0 Å². The molecule has 0 saturated heterocycles. The van der Waals surface area contributed by atoms with E-state index in [1.165, 1.54) is 6.07 Å². The molecular formula is C16H20FNO3. The highest BCUT2D eigenvalue weighted by atomic mass is 19.1. The van der Waals surface area contributed by atoms with E-state index in [0.717, 1.165) is 6.42 Å². The molecular weight excluding hydrogens is 273 g/mol. The van der Waals surface area contributed by atoms with Crippen LogP contribution in [0, 0.1) is 17.7 Å². The van der Waals surface area contributed by atoms with Crippen molar-refractivity contribution in [3.05, 3.63) is 35.6 Å². The van der Waals surface area contributed by atoms with Gasteiger partial charge in [0.2, 0.25) is 5.91 Å². The van der Waals surface area contributed by atoms with Gasteiger partial charge in [-0.2, -0.15) is 0 Å². The minimum Gasteiger partial charge on any atom is -0.481 e. The molecule has 1 saturated carbocycles. The fourth-order valence-corrected chi connectivity index (χ4v) is 2.84. The van der Waals surface area contributed by atoms with Crippen molar-refractivity contribution in [2.45, 2.75) is 38.6 Å². The molecule has 1 aromatic carbocycles. The number of nitrogens with one attached hydrogen (secondary N) is 1. The molecule has 0 bridgehead atoms. The van der Waals surface area contributed by atoms with Crippen LogP contribution in [0.25, 0.3) is 0 Å². The molecule has 21 heavy (non-hydrogen) atoms. The lowest BCUT2D eigenvalue weighted by Gasteiger charge is -2.20. The number of rotatable bonds is 5. The molecule has 0 aliphatic heterocycles. The van der Waals surface area contributed by atoms with Gasteiger partial charge < -0.3 is 10.4 Å². The van der Waals surface area contributed by atoms with Gasteiger partial charge in [-0.15, -0.1) is 0 Å². The highest BCUT2D eigenvalue weighted by Crippen LogP contribution is 2.26. The molecule has 2 N–H and O–H groups in total. The van der Waals surface area contributed by atoms with Crippen LogP contribution in [0.5, 0.6) is 0 Å². The number of carboxylic acids is 1. The third-order valence-corrected chi connectivity index (χ3v) is 4.09. The zero-order chi connectivity index (χ0) is 15.4. The van der Waals surface area contributed by atoms with Gasteiger partial charge in [0.05, 0.1) is 5.92 Å². The number of hydrogen-bond acceptors (Lipinski definition) is 2. The maximum atomic E-state index is 13.6. The van der Waals surface area contributed by atoms with Crippen LogP contribution >= 0.6 is 0 Å². The summed E-state index contributed by atoms with van der Waals surface area (Å²) in [5.41, 5.74) is 0.501. The lowest BCUT2D eigenvalue weighted by molar-refractivity contribution is -0.142. The molecule has 1 amide bonds. The molecule has 0 heterocycles. The Morgan fingerprint density at radius 3 is 2.76 bits per heavy atom. The fourth-order valence-electron chi connectivity index (χ4n) is 2.84. The van der Waals surface area contributed by atoms with E-state index in [2.05, 4.69) is 5.32 Å². The molecule has 3 atom stereocenters. The second-order valence-corrected chi connectivity index (χ2v) is 5.69. The van der Waals surface area contributed by atoms with Crippen molar-refractivity contribution in [3.63, 3.8) is 0 Å². The van der Waals surface area contributed by atoms with Crippen molar-refractivity contribution in [3.8, 4) is 0 Å². The van der Waals surface area contributed by atoms with Crippen LogP contribution in [0.15, 0.2) is 24.3 Å². The van der Waals surface area contributed by atoms with Gasteiger partial charge in [-0.25, -0.2) is 4.39 Å². The molecule has 0 radical (unpaired) electrons. The number of hydrogen-bond donors (Lipinski definition) is 2. The van der Waals surface area contributed by atoms with Gasteiger partial charge >= 0.3 is 5.97 Å². The van der Waals surface area contributed by atoms with Crippen LogP contribution in [0.4, 0.5) is 4.39 Å². The lowest BCUT2D eigenvalue weighted by atomic mass is 9.98. The summed E-state index contributed by atoms with van der Waals surface area (Å²) in [6, 6.07) is 6.07. The first-order chi connectivity index (χ1) is 9.99. The highest BCUT2D eigenvalue weighted by molar-refractivity contribution is 5.80. The van der Waals surface area contributed by atoms with Crippen LogP contribution in [0.2, 0.25) is 0 Å². The monoisotopic (exact) mass is 293 g/mol. The van der Waals surface area contributed by atoms with Crippen LogP contribution < -0.4 is 5.32 Å². The SMILES string of the molecule is C[C@H](Cc1ccccc1F)C(=O)N[C@H]1CCC[C@@H]1C(=O)O. The van der Waals surface area contributed by atoms with Crippen molar-refractivity contribution in [1.82, 2.24) is 5.32 Å². The summed E-state index contributed by atoms with van der Waals surface area (Å²) in [7, 11) is 0. The van der Waals surface area contributed by atoms with E-state index >= 15 is 0 Å². The molecule has 2 rings (SSSR count). The van der Waals surface area contributed by atoms with Crippen molar-refractivity contribution in [1.29, 1.82) is 0 Å². The third kappa shape index (κ3) is 3.80. The van der Waals surface area contributed by atoms with E-state index in [9.17, 15) is 14.0 Å². The number of carboxylic acid groups (broad SMARTS) is 1. The quantitative estimate of drug-likeness (QED) is 0.876. The first-order valence-electron chi connectivity index (χ1n) is 7.25. The summed E-state index contributed by atoms with van der Waals surface area (Å²) >= 11 is 0. The smallest absolute Gasteiger partial charge is 0.308 e. The molecule has 1 aromatic rings. The van der Waals surface area contributed by atoms with Crippen molar-refractivity contribution in [2.24, 2.45) is 11.8 Å². The van der Waals surface area contributed by atoms with Crippen molar-refractivity contribution < 1.29 is 19.1 Å². The lowest BCUT2D eigenvalue weighted by Crippen LogP contribution is -2.42. The Hall–Kier alpha value is -1.91. The molecule has 1 fully saturated rings. The van der Waals surface area contributed by atoms with E-state index in [0.29, 0.717) is 24.8 Å². The number of benzene rings is 1. The summed E-state index contributed by atoms with van der Waals surface area (Å²) in [6.45, 7) is 1.73. The second kappa shape index (κ2) is 6.70. The van der Waals surface area contributed by atoms with Crippen LogP contribution in [-0.2, 0) is 16.0 Å². The summed E-state index contributed by atoms with van der Waals surface area (Å²) in [5, 5.41) is 11.9. The highest BCUT2D eigenvalue weighted by Gasteiger charge is 2.34. The Morgan fingerprint density at radius 2 is 2.10 bits per heavy atom. The van der Waals surface area contributed by atoms with Crippen molar-refractivity contribution >= 4 is 11.9 Å². The van der Waals surface area contributed by atoms with Crippen LogP contribution in [-0.4, -0.2) is 23.0 Å². The van der Waals surface area contributed by atoms with Crippen LogP contribution in [0.1, 0.15) is 31.7 Å². The molecule has 4 nitrogen and oxygen atoms in total. The molecule has 0 aromatic heterocycles. The molecule has 0 unspecified atom stereocenters. The minimum atomic E-state index is -0.862. The Bertz CT molecular complexity index is 532. The Morgan fingerprint density at radius 1 is 1.38 bits per heavy atom. The predicted molar refractivity (Wildman–Crippen MR) is 76.2 cm³/mol. The molecule has 1 aliphatic carbocycles. The number of carbonyl (C=O) groups excluding carboxylic acids is 1. The van der Waals surface area contributed by atoms with E-state index in [4.69, 9.17) is 5.11 Å². The van der Waals surface area contributed by atoms with E-state index in [1.54, 1.807) is 25.1 Å². The average Bonchev–Trinajstić information content (AvgIpc) is 2.89. The van der Waals surface area contributed by atoms with Gasteiger partial charge in [-0.05, 0) is 30.9 Å². The number of carbonyl (C=O) groups is 2. The number of amides is 1. The zero-order valence-electron chi connectivity index (χ0n) is 12.0. The summed E-state index contributed by atoms with van der Waals surface area (Å²) in [6.07, 6.45) is 2.41. The van der Waals surface area contributed by atoms with E-state index < -0.39 is 17.8 Å². The zero-order valence-corrected chi connectivity index (χ0v) is 12.0. The standard InChI is InChI=1S/C16H20FNO3/c1-10(9-11-5-2-3-7-13(11)17)15(19)18-14-8-4-6-12(14)16(20)21/h2-3,5,7,10,12,14H,4,6,8-9H2,1H3,(H,18,19)(H,20,21)/t10-,12+,14+/m1/s1. The summed E-state index contributed by atoms with van der Waals surface area (Å²) < 4.78 is 13.6. The van der Waals surface area contributed by atoms with Crippen LogP contribution in [0.3, 0.4) is 0 Å². The number of halogens is 1. The van der Waals surface area contributed by atoms with Crippen molar-refractivity contribution in [2.75, 3.05) is 0 Å².